The lowest BCUT2D eigenvalue weighted by Crippen LogP contribution is -2.36. The number of piperidine rings is 1. The quantitative estimate of drug-likeness (QED) is 0.820. The molecule has 3 heterocycles. The van der Waals surface area contributed by atoms with E-state index in [1.54, 1.807) is 18.0 Å². The Hall–Kier alpha value is -2.16. The van der Waals surface area contributed by atoms with Crippen molar-refractivity contribution in [1.82, 2.24) is 29.4 Å². The Morgan fingerprint density at radius 2 is 2.08 bits per heavy atom. The predicted octanol–water partition coefficient (Wildman–Crippen LogP) is 1.22. The van der Waals surface area contributed by atoms with E-state index in [2.05, 4.69) is 20.1 Å². The summed E-state index contributed by atoms with van der Waals surface area (Å²) in [5.74, 6) is 0.347. The third-order valence-electron chi connectivity index (χ3n) is 4.32. The standard InChI is InChI=1S/C15H20F2N6O/c1-21-19-7-12(20-21)9-22-4-2-11(3-5-22)8-23-10-18-13(15(16)17)6-14(23)24/h6-7,10-11,15H,2-5,8-9H2,1H3. The average Bonchev–Trinajstić information content (AvgIpc) is 2.96. The van der Waals surface area contributed by atoms with Gasteiger partial charge in [0.05, 0.1) is 18.2 Å². The van der Waals surface area contributed by atoms with E-state index in [9.17, 15) is 13.6 Å². The van der Waals surface area contributed by atoms with Crippen molar-refractivity contribution in [2.24, 2.45) is 13.0 Å². The summed E-state index contributed by atoms with van der Waals surface area (Å²) in [6.07, 6.45) is 2.18. The van der Waals surface area contributed by atoms with Crippen molar-refractivity contribution in [3.05, 3.63) is 40.3 Å². The molecule has 0 unspecified atom stereocenters. The molecule has 3 rings (SSSR count). The molecule has 7 nitrogen and oxygen atoms in total. The smallest absolute Gasteiger partial charge is 0.280 e. The van der Waals surface area contributed by atoms with Crippen molar-refractivity contribution in [3.8, 4) is 0 Å². The van der Waals surface area contributed by atoms with E-state index in [1.807, 2.05) is 0 Å². The lowest BCUT2D eigenvalue weighted by atomic mass is 9.96. The van der Waals surface area contributed by atoms with Crippen molar-refractivity contribution in [2.75, 3.05) is 13.1 Å². The summed E-state index contributed by atoms with van der Waals surface area (Å²) in [7, 11) is 1.79. The van der Waals surface area contributed by atoms with Gasteiger partial charge >= 0.3 is 0 Å². The van der Waals surface area contributed by atoms with Crippen LogP contribution in [0.4, 0.5) is 8.78 Å². The maximum atomic E-state index is 12.5. The molecule has 130 valence electrons. The molecule has 24 heavy (non-hydrogen) atoms. The van der Waals surface area contributed by atoms with Crippen LogP contribution in [0.3, 0.4) is 0 Å². The first-order chi connectivity index (χ1) is 11.5. The highest BCUT2D eigenvalue weighted by atomic mass is 19.3. The molecule has 9 heteroatoms. The molecule has 2 aromatic rings. The summed E-state index contributed by atoms with van der Waals surface area (Å²) in [5.41, 5.74) is 0.0660. The van der Waals surface area contributed by atoms with Gasteiger partial charge in [-0.3, -0.25) is 14.3 Å². The maximum absolute atomic E-state index is 12.5. The van der Waals surface area contributed by atoms with Crippen LogP contribution in [0.5, 0.6) is 0 Å². The maximum Gasteiger partial charge on any atom is 0.280 e. The molecular weight excluding hydrogens is 318 g/mol. The van der Waals surface area contributed by atoms with Crippen LogP contribution >= 0.6 is 0 Å². The van der Waals surface area contributed by atoms with Gasteiger partial charge in [-0.1, -0.05) is 0 Å². The summed E-state index contributed by atoms with van der Waals surface area (Å²) in [6.45, 7) is 3.12. The lowest BCUT2D eigenvalue weighted by molar-refractivity contribution is 0.144. The summed E-state index contributed by atoms with van der Waals surface area (Å²) >= 11 is 0. The van der Waals surface area contributed by atoms with Gasteiger partial charge in [0.25, 0.3) is 12.0 Å². The molecule has 0 N–H and O–H groups in total. The van der Waals surface area contributed by atoms with Crippen molar-refractivity contribution in [3.63, 3.8) is 0 Å². The molecule has 0 saturated carbocycles. The van der Waals surface area contributed by atoms with Gasteiger partial charge in [-0.15, -0.1) is 0 Å². The zero-order chi connectivity index (χ0) is 17.1. The van der Waals surface area contributed by atoms with Gasteiger partial charge in [-0.2, -0.15) is 15.0 Å². The molecule has 1 saturated heterocycles. The van der Waals surface area contributed by atoms with Crippen molar-refractivity contribution in [1.29, 1.82) is 0 Å². The first-order valence-electron chi connectivity index (χ1n) is 7.93. The van der Waals surface area contributed by atoms with Gasteiger partial charge in [-0.25, -0.2) is 13.8 Å². The molecule has 2 aromatic heterocycles. The number of halogens is 2. The molecular formula is C15H20F2N6O. The number of aromatic nitrogens is 5. The van der Waals surface area contributed by atoms with Crippen molar-refractivity contribution >= 4 is 0 Å². The summed E-state index contributed by atoms with van der Waals surface area (Å²) in [4.78, 5) is 19.4. The molecule has 1 fully saturated rings. The average molecular weight is 338 g/mol. The van der Waals surface area contributed by atoms with Gasteiger partial charge in [0.2, 0.25) is 0 Å². The minimum absolute atomic E-state index is 0.347. The van der Waals surface area contributed by atoms with E-state index in [0.717, 1.165) is 44.2 Å². The van der Waals surface area contributed by atoms with E-state index in [0.29, 0.717) is 12.5 Å². The second-order valence-corrected chi connectivity index (χ2v) is 6.15. The number of hydrogen-bond donors (Lipinski definition) is 0. The molecule has 0 aromatic carbocycles. The second kappa shape index (κ2) is 7.16. The number of aryl methyl sites for hydroxylation is 1. The van der Waals surface area contributed by atoms with E-state index in [4.69, 9.17) is 0 Å². The molecule has 0 spiro atoms. The van der Waals surface area contributed by atoms with Gasteiger partial charge in [0.1, 0.15) is 5.69 Å². The van der Waals surface area contributed by atoms with Crippen LogP contribution in [-0.4, -0.2) is 42.5 Å². The van der Waals surface area contributed by atoms with Crippen molar-refractivity contribution in [2.45, 2.75) is 32.4 Å². The Labute approximate surface area is 137 Å². The van der Waals surface area contributed by atoms with Gasteiger partial charge < -0.3 is 0 Å². The van der Waals surface area contributed by atoms with Crippen LogP contribution in [-0.2, 0) is 20.1 Å². The van der Waals surface area contributed by atoms with Crippen LogP contribution in [0.2, 0.25) is 0 Å². The minimum Gasteiger partial charge on any atom is -0.299 e. The van der Waals surface area contributed by atoms with Crippen LogP contribution in [0.15, 0.2) is 23.4 Å². The SMILES string of the molecule is Cn1ncc(CN2CCC(Cn3cnc(C(F)F)cc3=O)CC2)n1. The van der Waals surface area contributed by atoms with Crippen LogP contribution in [0.1, 0.15) is 30.7 Å². The molecule has 1 aliphatic rings. The Kier molecular flexibility index (Phi) is 4.98. The number of alkyl halides is 2. The van der Waals surface area contributed by atoms with Crippen LogP contribution in [0, 0.1) is 5.92 Å². The fourth-order valence-corrected chi connectivity index (χ4v) is 2.99. The molecule has 0 atom stereocenters. The Bertz CT molecular complexity index is 736. The summed E-state index contributed by atoms with van der Waals surface area (Å²) < 4.78 is 26.5. The third-order valence-corrected chi connectivity index (χ3v) is 4.32. The highest BCUT2D eigenvalue weighted by Crippen LogP contribution is 2.20. The van der Waals surface area contributed by atoms with Crippen LogP contribution < -0.4 is 5.56 Å². The Morgan fingerprint density at radius 1 is 1.33 bits per heavy atom. The van der Waals surface area contributed by atoms with E-state index < -0.39 is 17.7 Å². The van der Waals surface area contributed by atoms with E-state index in [1.165, 1.54) is 10.9 Å². The monoisotopic (exact) mass is 338 g/mol. The molecule has 0 radical (unpaired) electrons. The van der Waals surface area contributed by atoms with Gasteiger partial charge in [-0.05, 0) is 31.8 Å². The molecule has 0 aliphatic carbocycles. The highest BCUT2D eigenvalue weighted by Gasteiger charge is 2.21. The van der Waals surface area contributed by atoms with Crippen LogP contribution in [0.25, 0.3) is 0 Å². The first-order valence-corrected chi connectivity index (χ1v) is 7.93. The van der Waals surface area contributed by atoms with Gasteiger partial charge in [0.15, 0.2) is 0 Å². The third kappa shape index (κ3) is 4.02. The lowest BCUT2D eigenvalue weighted by Gasteiger charge is -2.31. The normalized spacial score (nSPS) is 16.8. The summed E-state index contributed by atoms with van der Waals surface area (Å²) in [5, 5.41) is 8.34. The van der Waals surface area contributed by atoms with Gasteiger partial charge in [0, 0.05) is 26.2 Å². The fraction of sp³-hybridized carbons (Fsp3) is 0.600. The van der Waals surface area contributed by atoms with E-state index >= 15 is 0 Å². The van der Waals surface area contributed by atoms with E-state index in [-0.39, 0.29) is 0 Å². The van der Waals surface area contributed by atoms with Crippen molar-refractivity contribution < 1.29 is 8.78 Å². The number of hydrogen-bond acceptors (Lipinski definition) is 5. The zero-order valence-corrected chi connectivity index (χ0v) is 13.5. The first kappa shape index (κ1) is 16.7. The number of likely N-dealkylation sites (tertiary alicyclic amines) is 1. The summed E-state index contributed by atoms with van der Waals surface area (Å²) in [6, 6.07) is 0.924. The predicted molar refractivity (Wildman–Crippen MR) is 82.5 cm³/mol. The largest absolute Gasteiger partial charge is 0.299 e. The zero-order valence-electron chi connectivity index (χ0n) is 13.5. The Morgan fingerprint density at radius 3 is 2.67 bits per heavy atom. The molecule has 0 amide bonds. The Balaban J connectivity index is 1.53. The molecule has 0 bridgehead atoms. The molecule has 1 aliphatic heterocycles. The number of nitrogens with zero attached hydrogens (tertiary/aromatic N) is 6. The topological polar surface area (TPSA) is 68.8 Å². The second-order valence-electron chi connectivity index (χ2n) is 6.15. The fourth-order valence-electron chi connectivity index (χ4n) is 2.99. The highest BCUT2D eigenvalue weighted by molar-refractivity contribution is 5.01. The number of rotatable bonds is 5. The minimum atomic E-state index is -2.71.